The number of aromatic nitrogens is 3. The molecule has 2 aromatic carbocycles. The van der Waals surface area contributed by atoms with Gasteiger partial charge in [-0.1, -0.05) is 0 Å². The molecule has 0 saturated carbocycles. The van der Waals surface area contributed by atoms with Crippen molar-refractivity contribution in [3.05, 3.63) is 94.6 Å². The van der Waals surface area contributed by atoms with Gasteiger partial charge in [-0.05, 0) is 54.6 Å². The Labute approximate surface area is 170 Å². The molecule has 2 heterocycles. The number of anilines is 1. The highest BCUT2D eigenvalue weighted by Crippen LogP contribution is 2.24. The summed E-state index contributed by atoms with van der Waals surface area (Å²) in [6.07, 6.45) is 1.86. The van der Waals surface area contributed by atoms with Crippen LogP contribution in [0, 0.1) is 15.9 Å². The summed E-state index contributed by atoms with van der Waals surface area (Å²) in [5.41, 5.74) is 2.44. The maximum atomic E-state index is 13.1. The molecule has 0 bridgehead atoms. The number of hydrogen-bond donors (Lipinski definition) is 1. The molecule has 0 fully saturated rings. The van der Waals surface area contributed by atoms with E-state index in [4.69, 9.17) is 0 Å². The molecule has 0 saturated heterocycles. The van der Waals surface area contributed by atoms with Crippen LogP contribution in [-0.4, -0.2) is 25.2 Å². The molecule has 0 aliphatic rings. The van der Waals surface area contributed by atoms with E-state index in [9.17, 15) is 19.3 Å². The molecule has 150 valence electrons. The van der Waals surface area contributed by atoms with E-state index in [-0.39, 0.29) is 11.4 Å². The van der Waals surface area contributed by atoms with Gasteiger partial charge in [-0.2, -0.15) is 5.10 Å². The van der Waals surface area contributed by atoms with Crippen molar-refractivity contribution >= 4 is 17.3 Å². The van der Waals surface area contributed by atoms with Crippen molar-refractivity contribution in [1.82, 2.24) is 14.3 Å². The number of nitrogens with zero attached hydrogens (tertiary/aromatic N) is 4. The van der Waals surface area contributed by atoms with Crippen molar-refractivity contribution in [2.45, 2.75) is 0 Å². The van der Waals surface area contributed by atoms with Crippen LogP contribution >= 0.6 is 0 Å². The van der Waals surface area contributed by atoms with Crippen LogP contribution in [0.4, 0.5) is 15.8 Å². The third kappa shape index (κ3) is 3.68. The minimum atomic E-state index is -0.496. The minimum absolute atomic E-state index is 0.0640. The van der Waals surface area contributed by atoms with Crippen LogP contribution in [0.3, 0.4) is 0 Å². The first-order chi connectivity index (χ1) is 14.4. The van der Waals surface area contributed by atoms with Gasteiger partial charge in [0.1, 0.15) is 17.2 Å². The summed E-state index contributed by atoms with van der Waals surface area (Å²) >= 11 is 0. The first-order valence-electron chi connectivity index (χ1n) is 8.96. The largest absolute Gasteiger partial charge is 0.349 e. The molecule has 1 amide bonds. The Kier molecular flexibility index (Phi) is 4.85. The summed E-state index contributed by atoms with van der Waals surface area (Å²) in [6, 6.07) is 16.5. The highest BCUT2D eigenvalue weighted by Gasteiger charge is 2.19. The van der Waals surface area contributed by atoms with E-state index in [1.807, 2.05) is 29.9 Å². The number of nitro benzene ring substituents is 1. The van der Waals surface area contributed by atoms with E-state index in [1.54, 1.807) is 6.07 Å². The molecule has 30 heavy (non-hydrogen) atoms. The third-order valence-corrected chi connectivity index (χ3v) is 4.56. The average molecular weight is 405 g/mol. The molecule has 0 atom stereocenters. The van der Waals surface area contributed by atoms with Gasteiger partial charge in [0.15, 0.2) is 0 Å². The van der Waals surface area contributed by atoms with Gasteiger partial charge in [-0.3, -0.25) is 14.9 Å². The average Bonchev–Trinajstić information content (AvgIpc) is 3.36. The van der Waals surface area contributed by atoms with E-state index >= 15 is 0 Å². The SMILES string of the molecule is Cn1cccc1-c1cc(C(=O)Nc2ccc(F)cc2)n(-c2ccc([N+](=O)[O-])cc2)n1. The fourth-order valence-electron chi connectivity index (χ4n) is 3.04. The van der Waals surface area contributed by atoms with Gasteiger partial charge < -0.3 is 9.88 Å². The molecule has 9 heteroatoms. The van der Waals surface area contributed by atoms with Crippen molar-refractivity contribution in [3.63, 3.8) is 0 Å². The Hall–Kier alpha value is -4.27. The van der Waals surface area contributed by atoms with Gasteiger partial charge in [0.2, 0.25) is 0 Å². The summed E-state index contributed by atoms with van der Waals surface area (Å²) in [5.74, 6) is -0.858. The smallest absolute Gasteiger partial charge is 0.274 e. The van der Waals surface area contributed by atoms with Gasteiger partial charge in [0.05, 0.1) is 16.3 Å². The maximum Gasteiger partial charge on any atom is 0.274 e. The lowest BCUT2D eigenvalue weighted by Crippen LogP contribution is -2.17. The maximum absolute atomic E-state index is 13.1. The van der Waals surface area contributed by atoms with Crippen molar-refractivity contribution in [3.8, 4) is 17.1 Å². The number of amides is 1. The van der Waals surface area contributed by atoms with Crippen LogP contribution in [0.5, 0.6) is 0 Å². The van der Waals surface area contributed by atoms with Crippen molar-refractivity contribution in [2.24, 2.45) is 7.05 Å². The normalized spacial score (nSPS) is 10.7. The van der Waals surface area contributed by atoms with Crippen molar-refractivity contribution in [1.29, 1.82) is 0 Å². The molecular formula is C21H16FN5O3. The first-order valence-corrected chi connectivity index (χ1v) is 8.96. The monoisotopic (exact) mass is 405 g/mol. The Morgan fingerprint density at radius 2 is 1.80 bits per heavy atom. The molecule has 0 radical (unpaired) electrons. The lowest BCUT2D eigenvalue weighted by molar-refractivity contribution is -0.384. The lowest BCUT2D eigenvalue weighted by atomic mass is 10.2. The number of nitro groups is 1. The van der Waals surface area contributed by atoms with Crippen LogP contribution < -0.4 is 5.32 Å². The van der Waals surface area contributed by atoms with Crippen LogP contribution in [0.2, 0.25) is 0 Å². The van der Waals surface area contributed by atoms with Gasteiger partial charge in [-0.25, -0.2) is 9.07 Å². The molecule has 2 aromatic heterocycles. The first kappa shape index (κ1) is 19.1. The fraction of sp³-hybridized carbons (Fsp3) is 0.0476. The Bertz CT molecular complexity index is 1230. The standard InChI is InChI=1S/C21H16FN5O3/c1-25-12-2-3-19(25)18-13-20(21(28)23-15-6-4-14(22)5-7-15)26(24-18)16-8-10-17(11-9-16)27(29)30/h2-13H,1H3,(H,23,28). The van der Waals surface area contributed by atoms with Gasteiger partial charge >= 0.3 is 0 Å². The second-order valence-electron chi connectivity index (χ2n) is 6.57. The number of nitrogens with one attached hydrogen (secondary N) is 1. The fourth-order valence-corrected chi connectivity index (χ4v) is 3.04. The Balaban J connectivity index is 1.76. The zero-order chi connectivity index (χ0) is 21.3. The number of carbonyl (C=O) groups is 1. The van der Waals surface area contributed by atoms with Crippen molar-refractivity contribution in [2.75, 3.05) is 5.32 Å². The van der Waals surface area contributed by atoms with E-state index in [0.29, 0.717) is 17.1 Å². The second kappa shape index (κ2) is 7.63. The molecule has 8 nitrogen and oxygen atoms in total. The molecule has 0 aliphatic heterocycles. The van der Waals surface area contributed by atoms with E-state index in [1.165, 1.54) is 53.2 Å². The van der Waals surface area contributed by atoms with E-state index in [0.717, 1.165) is 5.69 Å². The van der Waals surface area contributed by atoms with E-state index < -0.39 is 16.6 Å². The minimum Gasteiger partial charge on any atom is -0.349 e. The van der Waals surface area contributed by atoms with Gasteiger partial charge in [0, 0.05) is 31.1 Å². The predicted octanol–water partition coefficient (Wildman–Crippen LogP) is 4.18. The number of carbonyl (C=O) groups excluding carboxylic acids is 1. The summed E-state index contributed by atoms with van der Waals surface area (Å²) in [4.78, 5) is 23.4. The topological polar surface area (TPSA) is 95.0 Å². The second-order valence-corrected chi connectivity index (χ2v) is 6.57. The van der Waals surface area contributed by atoms with Crippen LogP contribution in [0.1, 0.15) is 10.5 Å². The van der Waals surface area contributed by atoms with E-state index in [2.05, 4.69) is 10.4 Å². The lowest BCUT2D eigenvalue weighted by Gasteiger charge is -2.08. The molecule has 0 unspecified atom stereocenters. The van der Waals surface area contributed by atoms with Crippen LogP contribution in [-0.2, 0) is 7.05 Å². The van der Waals surface area contributed by atoms with Crippen LogP contribution in [0.15, 0.2) is 72.9 Å². The molecule has 1 N–H and O–H groups in total. The predicted molar refractivity (Wildman–Crippen MR) is 109 cm³/mol. The number of rotatable bonds is 5. The van der Waals surface area contributed by atoms with Gasteiger partial charge in [-0.15, -0.1) is 0 Å². The third-order valence-electron chi connectivity index (χ3n) is 4.56. The number of aryl methyl sites for hydroxylation is 1. The molecular weight excluding hydrogens is 389 g/mol. The number of benzene rings is 2. The van der Waals surface area contributed by atoms with Crippen LogP contribution in [0.25, 0.3) is 17.1 Å². The summed E-state index contributed by atoms with van der Waals surface area (Å²) in [5, 5.41) is 18.2. The zero-order valence-electron chi connectivity index (χ0n) is 15.8. The molecule has 0 spiro atoms. The Morgan fingerprint density at radius 1 is 1.10 bits per heavy atom. The quantitative estimate of drug-likeness (QED) is 0.398. The van der Waals surface area contributed by atoms with Gasteiger partial charge in [0.25, 0.3) is 11.6 Å². The number of non-ortho nitro benzene ring substituents is 1. The number of hydrogen-bond acceptors (Lipinski definition) is 4. The molecule has 4 rings (SSSR count). The zero-order valence-corrected chi connectivity index (χ0v) is 15.8. The Morgan fingerprint density at radius 3 is 2.40 bits per heavy atom. The highest BCUT2D eigenvalue weighted by atomic mass is 19.1. The summed E-state index contributed by atoms with van der Waals surface area (Å²) in [6.45, 7) is 0. The summed E-state index contributed by atoms with van der Waals surface area (Å²) in [7, 11) is 1.86. The van der Waals surface area contributed by atoms with Crippen molar-refractivity contribution < 1.29 is 14.1 Å². The summed E-state index contributed by atoms with van der Waals surface area (Å²) < 4.78 is 16.4. The molecule has 4 aromatic rings. The number of halogens is 1. The molecule has 0 aliphatic carbocycles. The highest BCUT2D eigenvalue weighted by molar-refractivity contribution is 6.04.